The van der Waals surface area contributed by atoms with Crippen molar-refractivity contribution in [3.8, 4) is 0 Å². The third-order valence-electron chi connectivity index (χ3n) is 2.62. The minimum absolute atomic E-state index is 0.0179. The second kappa shape index (κ2) is 4.58. The van der Waals surface area contributed by atoms with E-state index in [0.717, 1.165) is 18.2 Å². The van der Waals surface area contributed by atoms with E-state index in [-0.39, 0.29) is 29.7 Å². The Morgan fingerprint density at radius 1 is 1.33 bits per heavy atom. The quantitative estimate of drug-likeness (QED) is 0.846. The van der Waals surface area contributed by atoms with Crippen molar-refractivity contribution in [2.45, 2.75) is 6.54 Å². The molecule has 0 bridgehead atoms. The first-order valence-corrected chi connectivity index (χ1v) is 5.22. The van der Waals surface area contributed by atoms with Crippen LogP contribution >= 0.6 is 0 Å². The number of aromatic nitrogens is 1. The Labute approximate surface area is 101 Å². The van der Waals surface area contributed by atoms with E-state index in [1.54, 1.807) is 0 Å². The van der Waals surface area contributed by atoms with Gasteiger partial charge < -0.3 is 14.8 Å². The zero-order valence-electron chi connectivity index (χ0n) is 9.26. The molecule has 2 rings (SSSR count). The van der Waals surface area contributed by atoms with Gasteiger partial charge in [0.05, 0.1) is 12.1 Å². The molecule has 0 spiro atoms. The molecule has 0 atom stereocenters. The molecule has 0 radical (unpaired) electrons. The number of benzene rings is 1. The lowest BCUT2D eigenvalue weighted by atomic mass is 10.1. The highest BCUT2D eigenvalue weighted by molar-refractivity contribution is 5.90. The number of pyridine rings is 1. The van der Waals surface area contributed by atoms with Gasteiger partial charge in [-0.25, -0.2) is 9.18 Å². The van der Waals surface area contributed by atoms with Gasteiger partial charge in [0.15, 0.2) is 5.43 Å². The van der Waals surface area contributed by atoms with Crippen LogP contribution in [-0.4, -0.2) is 27.4 Å². The van der Waals surface area contributed by atoms with E-state index in [1.807, 2.05) is 0 Å². The number of aromatic carboxylic acids is 1. The highest BCUT2D eigenvalue weighted by Crippen LogP contribution is 2.14. The second-order valence-corrected chi connectivity index (χ2v) is 3.74. The fraction of sp³-hybridized carbons (Fsp3) is 0.167. The lowest BCUT2D eigenvalue weighted by Gasteiger charge is -2.13. The smallest absolute Gasteiger partial charge is 0.352 e. The molecule has 0 aliphatic heterocycles. The number of carboxylic acid groups (broad SMARTS) is 1. The van der Waals surface area contributed by atoms with Crippen molar-refractivity contribution in [2.75, 3.05) is 6.61 Å². The van der Waals surface area contributed by atoms with Gasteiger partial charge in [0.2, 0.25) is 0 Å². The number of nitrogens with zero attached hydrogens (tertiary/aromatic N) is 1. The molecule has 5 nitrogen and oxygen atoms in total. The average molecular weight is 251 g/mol. The monoisotopic (exact) mass is 251 g/mol. The van der Waals surface area contributed by atoms with Crippen LogP contribution in [0.3, 0.4) is 0 Å². The van der Waals surface area contributed by atoms with Gasteiger partial charge in [-0.05, 0) is 18.2 Å². The fourth-order valence-corrected chi connectivity index (χ4v) is 1.87. The van der Waals surface area contributed by atoms with Gasteiger partial charge in [-0.1, -0.05) is 0 Å². The third kappa shape index (κ3) is 1.98. The molecule has 2 N–H and O–H groups in total. The Balaban J connectivity index is 2.89. The molecule has 0 amide bonds. The van der Waals surface area contributed by atoms with E-state index < -0.39 is 17.2 Å². The lowest BCUT2D eigenvalue weighted by Crippen LogP contribution is -2.19. The molecule has 18 heavy (non-hydrogen) atoms. The maximum Gasteiger partial charge on any atom is 0.352 e. The molecular weight excluding hydrogens is 241 g/mol. The predicted octanol–water partition coefficient (Wildman–Crippen LogP) is 0.831. The maximum atomic E-state index is 13.1. The highest BCUT2D eigenvalue weighted by atomic mass is 19.1. The van der Waals surface area contributed by atoms with Gasteiger partial charge >= 0.3 is 5.97 Å². The van der Waals surface area contributed by atoms with Crippen molar-refractivity contribution in [1.82, 2.24) is 4.57 Å². The number of halogens is 1. The first-order chi connectivity index (χ1) is 8.54. The summed E-state index contributed by atoms with van der Waals surface area (Å²) in [5.74, 6) is -1.84. The Kier molecular flexibility index (Phi) is 3.12. The van der Waals surface area contributed by atoms with Crippen LogP contribution in [0.1, 0.15) is 10.5 Å². The van der Waals surface area contributed by atoms with Gasteiger partial charge in [-0.3, -0.25) is 4.79 Å². The third-order valence-corrected chi connectivity index (χ3v) is 2.62. The van der Waals surface area contributed by atoms with Crippen molar-refractivity contribution in [2.24, 2.45) is 0 Å². The Bertz CT molecular complexity index is 678. The van der Waals surface area contributed by atoms with Crippen LogP contribution in [0.4, 0.5) is 4.39 Å². The molecule has 2 aromatic rings. The van der Waals surface area contributed by atoms with Crippen LogP contribution < -0.4 is 5.43 Å². The molecular formula is C12H10FNO4. The van der Waals surface area contributed by atoms with Crippen LogP contribution in [0.5, 0.6) is 0 Å². The minimum atomic E-state index is -1.27. The average Bonchev–Trinajstić information content (AvgIpc) is 2.32. The van der Waals surface area contributed by atoms with Crippen molar-refractivity contribution in [1.29, 1.82) is 0 Å². The minimum Gasteiger partial charge on any atom is -0.477 e. The molecule has 0 saturated carbocycles. The molecule has 0 unspecified atom stereocenters. The zero-order chi connectivity index (χ0) is 13.3. The SMILES string of the molecule is O=C(O)c1cc(=O)c2cc(F)ccc2n1CCO. The van der Waals surface area contributed by atoms with Crippen molar-refractivity contribution in [3.63, 3.8) is 0 Å². The molecule has 1 aromatic heterocycles. The number of hydrogen-bond acceptors (Lipinski definition) is 3. The molecule has 0 saturated heterocycles. The summed E-state index contributed by atoms with van der Waals surface area (Å²) in [5, 5.41) is 18.0. The standard InChI is InChI=1S/C12H10FNO4/c13-7-1-2-9-8(5-7)11(16)6-10(12(17)18)14(9)3-4-15/h1-2,5-6,15H,3-4H2,(H,17,18). The summed E-state index contributed by atoms with van der Waals surface area (Å²) in [6, 6.07) is 4.45. The number of carbonyl (C=O) groups is 1. The number of aliphatic hydroxyl groups is 1. The van der Waals surface area contributed by atoms with Gasteiger partial charge in [0, 0.05) is 18.0 Å². The summed E-state index contributed by atoms with van der Waals surface area (Å²) in [6.07, 6.45) is 0. The van der Waals surface area contributed by atoms with Crippen LogP contribution in [0, 0.1) is 5.82 Å². The van der Waals surface area contributed by atoms with Crippen molar-refractivity contribution < 1.29 is 19.4 Å². The Morgan fingerprint density at radius 3 is 2.67 bits per heavy atom. The first-order valence-electron chi connectivity index (χ1n) is 5.22. The van der Waals surface area contributed by atoms with Gasteiger partial charge in [0.1, 0.15) is 11.5 Å². The van der Waals surface area contributed by atoms with Crippen molar-refractivity contribution in [3.05, 3.63) is 46.0 Å². The Hall–Kier alpha value is -2.21. The highest BCUT2D eigenvalue weighted by Gasteiger charge is 2.14. The summed E-state index contributed by atoms with van der Waals surface area (Å²) in [6.45, 7) is -0.264. The van der Waals surface area contributed by atoms with Crippen LogP contribution in [0.15, 0.2) is 29.1 Å². The maximum absolute atomic E-state index is 13.1. The van der Waals surface area contributed by atoms with E-state index in [1.165, 1.54) is 10.6 Å². The number of aliphatic hydroxyl groups excluding tert-OH is 1. The van der Waals surface area contributed by atoms with Crippen LogP contribution in [0.25, 0.3) is 10.9 Å². The fourth-order valence-electron chi connectivity index (χ4n) is 1.87. The van der Waals surface area contributed by atoms with Crippen LogP contribution in [0.2, 0.25) is 0 Å². The lowest BCUT2D eigenvalue weighted by molar-refractivity contribution is 0.0683. The largest absolute Gasteiger partial charge is 0.477 e. The molecule has 0 fully saturated rings. The molecule has 1 aromatic carbocycles. The van der Waals surface area contributed by atoms with Crippen molar-refractivity contribution >= 4 is 16.9 Å². The summed E-state index contributed by atoms with van der Waals surface area (Å²) in [7, 11) is 0. The number of carboxylic acids is 1. The topological polar surface area (TPSA) is 79.5 Å². The Morgan fingerprint density at radius 2 is 2.06 bits per heavy atom. The molecule has 0 aliphatic rings. The number of fused-ring (bicyclic) bond motifs is 1. The van der Waals surface area contributed by atoms with Crippen LogP contribution in [-0.2, 0) is 6.54 Å². The normalized spacial score (nSPS) is 10.8. The second-order valence-electron chi connectivity index (χ2n) is 3.74. The van der Waals surface area contributed by atoms with E-state index in [4.69, 9.17) is 10.2 Å². The van der Waals surface area contributed by atoms with Gasteiger partial charge in [0.25, 0.3) is 0 Å². The number of rotatable bonds is 3. The number of hydrogen-bond donors (Lipinski definition) is 2. The van der Waals surface area contributed by atoms with E-state index in [9.17, 15) is 14.0 Å². The predicted molar refractivity (Wildman–Crippen MR) is 62.2 cm³/mol. The molecule has 6 heteroatoms. The van der Waals surface area contributed by atoms with E-state index in [2.05, 4.69) is 0 Å². The van der Waals surface area contributed by atoms with E-state index in [0.29, 0.717) is 0 Å². The van der Waals surface area contributed by atoms with Gasteiger partial charge in [-0.15, -0.1) is 0 Å². The molecule has 0 aliphatic carbocycles. The summed E-state index contributed by atoms with van der Waals surface area (Å²) >= 11 is 0. The summed E-state index contributed by atoms with van der Waals surface area (Å²) in [5.41, 5.74) is -0.500. The molecule has 94 valence electrons. The van der Waals surface area contributed by atoms with Gasteiger partial charge in [-0.2, -0.15) is 0 Å². The summed E-state index contributed by atoms with van der Waals surface area (Å²) < 4.78 is 14.4. The van der Waals surface area contributed by atoms with E-state index >= 15 is 0 Å². The first kappa shape index (κ1) is 12.3. The molecule has 1 heterocycles. The summed E-state index contributed by atoms with van der Waals surface area (Å²) in [4.78, 5) is 22.8. The zero-order valence-corrected chi connectivity index (χ0v) is 9.26.